The van der Waals surface area contributed by atoms with Crippen molar-refractivity contribution in [2.24, 2.45) is 0 Å². The van der Waals surface area contributed by atoms with Gasteiger partial charge in [0, 0.05) is 12.0 Å². The largest absolute Gasteiger partial charge is 0.493 e. The third-order valence-corrected chi connectivity index (χ3v) is 4.34. The highest BCUT2D eigenvalue weighted by Gasteiger charge is 2.10. The van der Waals surface area contributed by atoms with E-state index in [4.69, 9.17) is 14.2 Å². The van der Waals surface area contributed by atoms with Crippen LogP contribution in [0, 0.1) is 0 Å². The first-order valence-electron chi connectivity index (χ1n) is 9.77. The minimum Gasteiger partial charge on any atom is -0.493 e. The number of para-hydroxylation sites is 2. The zero-order chi connectivity index (χ0) is 21.9. The van der Waals surface area contributed by atoms with E-state index in [-0.39, 0.29) is 6.61 Å². The molecule has 2 amide bonds. The van der Waals surface area contributed by atoms with Crippen LogP contribution in [0.3, 0.4) is 0 Å². The van der Waals surface area contributed by atoms with Crippen molar-refractivity contribution in [3.05, 3.63) is 90.0 Å². The lowest BCUT2D eigenvalue weighted by molar-refractivity contribution is -0.123. The fourth-order valence-corrected chi connectivity index (χ4v) is 2.77. The molecule has 0 heterocycles. The van der Waals surface area contributed by atoms with Crippen molar-refractivity contribution in [3.63, 3.8) is 0 Å². The molecule has 0 saturated heterocycles. The van der Waals surface area contributed by atoms with Crippen LogP contribution in [-0.4, -0.2) is 32.1 Å². The number of benzene rings is 3. The summed E-state index contributed by atoms with van der Waals surface area (Å²) in [5, 5.41) is 0. The Balaban J connectivity index is 1.44. The van der Waals surface area contributed by atoms with Gasteiger partial charge in [-0.25, -0.2) is 0 Å². The van der Waals surface area contributed by atoms with Gasteiger partial charge in [0.2, 0.25) is 0 Å². The monoisotopic (exact) mass is 420 g/mol. The van der Waals surface area contributed by atoms with Crippen LogP contribution in [0.15, 0.2) is 78.9 Å². The molecule has 0 aliphatic rings. The molecule has 31 heavy (non-hydrogen) atoms. The number of carbonyl (C=O) groups excluding carboxylic acids is 2. The molecule has 0 atom stereocenters. The SMILES string of the molecule is COc1ccccc1OCC(=O)NNC(=O)c1cccc(OCCc2ccccc2)c1. The lowest BCUT2D eigenvalue weighted by atomic mass is 10.2. The van der Waals surface area contributed by atoms with E-state index in [1.54, 1.807) is 48.5 Å². The molecule has 7 nitrogen and oxygen atoms in total. The Morgan fingerprint density at radius 3 is 2.32 bits per heavy atom. The van der Waals surface area contributed by atoms with Crippen molar-refractivity contribution in [1.29, 1.82) is 0 Å². The Labute approximate surface area is 180 Å². The summed E-state index contributed by atoms with van der Waals surface area (Å²) in [6.07, 6.45) is 0.763. The number of methoxy groups -OCH3 is 1. The number of hydrazine groups is 1. The van der Waals surface area contributed by atoms with Crippen LogP contribution in [0.1, 0.15) is 15.9 Å². The van der Waals surface area contributed by atoms with Crippen molar-refractivity contribution in [2.75, 3.05) is 20.3 Å². The second kappa shape index (κ2) is 11.3. The molecule has 0 aromatic heterocycles. The lowest BCUT2D eigenvalue weighted by Gasteiger charge is -2.11. The van der Waals surface area contributed by atoms with Gasteiger partial charge in [0.1, 0.15) is 5.75 Å². The summed E-state index contributed by atoms with van der Waals surface area (Å²) in [5.41, 5.74) is 6.23. The van der Waals surface area contributed by atoms with Gasteiger partial charge in [-0.15, -0.1) is 0 Å². The van der Waals surface area contributed by atoms with E-state index in [0.29, 0.717) is 29.4 Å². The van der Waals surface area contributed by atoms with E-state index in [1.165, 1.54) is 12.7 Å². The molecule has 0 bridgehead atoms. The predicted molar refractivity (Wildman–Crippen MR) is 116 cm³/mol. The van der Waals surface area contributed by atoms with Crippen molar-refractivity contribution in [2.45, 2.75) is 6.42 Å². The van der Waals surface area contributed by atoms with Gasteiger partial charge in [-0.3, -0.25) is 20.4 Å². The highest BCUT2D eigenvalue weighted by molar-refractivity contribution is 5.95. The van der Waals surface area contributed by atoms with E-state index >= 15 is 0 Å². The summed E-state index contributed by atoms with van der Waals surface area (Å²) < 4.78 is 16.3. The number of rotatable bonds is 9. The molecule has 7 heteroatoms. The van der Waals surface area contributed by atoms with Crippen LogP contribution in [0.25, 0.3) is 0 Å². The van der Waals surface area contributed by atoms with Crippen molar-refractivity contribution >= 4 is 11.8 Å². The van der Waals surface area contributed by atoms with Crippen molar-refractivity contribution in [3.8, 4) is 17.2 Å². The van der Waals surface area contributed by atoms with Crippen LogP contribution >= 0.6 is 0 Å². The Kier molecular flexibility index (Phi) is 7.88. The second-order valence-electron chi connectivity index (χ2n) is 6.55. The molecule has 0 spiro atoms. The van der Waals surface area contributed by atoms with E-state index in [9.17, 15) is 9.59 Å². The first kappa shape index (κ1) is 21.7. The average Bonchev–Trinajstić information content (AvgIpc) is 2.82. The number of carbonyl (C=O) groups is 2. The molecule has 3 rings (SSSR count). The fraction of sp³-hybridized carbons (Fsp3) is 0.167. The number of nitrogens with one attached hydrogen (secondary N) is 2. The predicted octanol–water partition coefficient (Wildman–Crippen LogP) is 3.16. The fourth-order valence-electron chi connectivity index (χ4n) is 2.77. The van der Waals surface area contributed by atoms with E-state index in [2.05, 4.69) is 10.9 Å². The van der Waals surface area contributed by atoms with Crippen molar-refractivity contribution < 1.29 is 23.8 Å². The zero-order valence-electron chi connectivity index (χ0n) is 17.2. The summed E-state index contributed by atoms with van der Waals surface area (Å²) in [5.74, 6) is 0.568. The van der Waals surface area contributed by atoms with Gasteiger partial charge in [-0.05, 0) is 35.9 Å². The lowest BCUT2D eigenvalue weighted by Crippen LogP contribution is -2.43. The van der Waals surface area contributed by atoms with Crippen LogP contribution in [0.2, 0.25) is 0 Å². The number of hydrogen-bond acceptors (Lipinski definition) is 5. The molecule has 2 N–H and O–H groups in total. The molecule has 0 fully saturated rings. The van der Waals surface area contributed by atoms with Gasteiger partial charge >= 0.3 is 0 Å². The molecule has 0 saturated carbocycles. The Bertz CT molecular complexity index is 1010. The van der Waals surface area contributed by atoms with E-state index in [0.717, 1.165) is 6.42 Å². The molecular weight excluding hydrogens is 396 g/mol. The molecule has 0 aliphatic carbocycles. The van der Waals surface area contributed by atoms with Crippen molar-refractivity contribution in [1.82, 2.24) is 10.9 Å². The minimum absolute atomic E-state index is 0.275. The highest BCUT2D eigenvalue weighted by Crippen LogP contribution is 2.25. The average molecular weight is 420 g/mol. The van der Waals surface area contributed by atoms with Gasteiger partial charge in [0.25, 0.3) is 11.8 Å². The maximum Gasteiger partial charge on any atom is 0.276 e. The normalized spacial score (nSPS) is 10.1. The third kappa shape index (κ3) is 6.78. The second-order valence-corrected chi connectivity index (χ2v) is 6.55. The van der Waals surface area contributed by atoms with Crippen LogP contribution < -0.4 is 25.1 Å². The summed E-state index contributed by atoms with van der Waals surface area (Å²) >= 11 is 0. The Hall–Kier alpha value is -4.00. The molecular formula is C24H24N2O5. The highest BCUT2D eigenvalue weighted by atomic mass is 16.5. The number of ether oxygens (including phenoxy) is 3. The number of hydrogen-bond donors (Lipinski definition) is 2. The van der Waals surface area contributed by atoms with Crippen LogP contribution in [0.4, 0.5) is 0 Å². The van der Waals surface area contributed by atoms with E-state index < -0.39 is 11.8 Å². The molecule has 3 aromatic carbocycles. The minimum atomic E-state index is -0.505. The van der Waals surface area contributed by atoms with Crippen LogP contribution in [-0.2, 0) is 11.2 Å². The summed E-state index contributed by atoms with van der Waals surface area (Å²) in [4.78, 5) is 24.3. The topological polar surface area (TPSA) is 85.9 Å². The Morgan fingerprint density at radius 1 is 0.806 bits per heavy atom. The first-order chi connectivity index (χ1) is 15.2. The maximum absolute atomic E-state index is 12.3. The zero-order valence-corrected chi connectivity index (χ0v) is 17.2. The van der Waals surface area contributed by atoms with Gasteiger partial charge in [-0.1, -0.05) is 48.5 Å². The third-order valence-electron chi connectivity index (χ3n) is 4.34. The smallest absolute Gasteiger partial charge is 0.276 e. The van der Waals surface area contributed by atoms with Crippen LogP contribution in [0.5, 0.6) is 17.2 Å². The summed E-state index contributed by atoms with van der Waals surface area (Å²) in [7, 11) is 1.52. The molecule has 0 unspecified atom stereocenters. The quantitative estimate of drug-likeness (QED) is 0.520. The van der Waals surface area contributed by atoms with Gasteiger partial charge in [-0.2, -0.15) is 0 Å². The number of amides is 2. The summed E-state index contributed by atoms with van der Waals surface area (Å²) in [6.45, 7) is 0.218. The maximum atomic E-state index is 12.3. The van der Waals surface area contributed by atoms with E-state index in [1.807, 2.05) is 30.3 Å². The molecule has 3 aromatic rings. The molecule has 160 valence electrons. The van der Waals surface area contributed by atoms with Gasteiger partial charge < -0.3 is 14.2 Å². The van der Waals surface area contributed by atoms with Gasteiger partial charge in [0.15, 0.2) is 18.1 Å². The molecule has 0 aliphatic heterocycles. The van der Waals surface area contributed by atoms with Gasteiger partial charge in [0.05, 0.1) is 13.7 Å². The standard InChI is InChI=1S/C24H24N2O5/c1-29-21-12-5-6-13-22(21)31-17-23(27)25-26-24(28)19-10-7-11-20(16-19)30-15-14-18-8-3-2-4-9-18/h2-13,16H,14-15,17H2,1H3,(H,25,27)(H,26,28). The Morgan fingerprint density at radius 2 is 1.55 bits per heavy atom. The summed E-state index contributed by atoms with van der Waals surface area (Å²) in [6, 6.07) is 23.7. The molecule has 0 radical (unpaired) electrons. The first-order valence-corrected chi connectivity index (χ1v) is 9.77.